The van der Waals surface area contributed by atoms with E-state index in [9.17, 15) is 14.9 Å². The number of carbonyl (C=O) groups is 1. The Kier molecular flexibility index (Phi) is 2.83. The maximum Gasteiger partial charge on any atom is 0.293 e. The van der Waals surface area contributed by atoms with Gasteiger partial charge >= 0.3 is 0 Å². The Labute approximate surface area is 109 Å². The minimum Gasteiger partial charge on any atom is -0.378 e. The monoisotopic (exact) mass is 263 g/mol. The lowest BCUT2D eigenvalue weighted by atomic mass is 10.1. The van der Waals surface area contributed by atoms with Gasteiger partial charge in [0.05, 0.1) is 23.7 Å². The zero-order valence-electron chi connectivity index (χ0n) is 10.2. The first kappa shape index (κ1) is 11.9. The molecule has 2 aliphatic heterocycles. The predicted molar refractivity (Wildman–Crippen MR) is 67.3 cm³/mol. The van der Waals surface area contributed by atoms with E-state index in [1.807, 2.05) is 4.90 Å². The Morgan fingerprint density at radius 3 is 2.74 bits per heavy atom. The summed E-state index contributed by atoms with van der Waals surface area (Å²) in [6.45, 7) is 2.81. The van der Waals surface area contributed by atoms with Crippen LogP contribution in [0.25, 0.3) is 0 Å². The quantitative estimate of drug-likeness (QED) is 0.626. The van der Waals surface area contributed by atoms with Crippen LogP contribution in [0.1, 0.15) is 15.9 Å². The molecule has 1 saturated heterocycles. The summed E-state index contributed by atoms with van der Waals surface area (Å²) in [5.74, 6) is -0.244. The van der Waals surface area contributed by atoms with Crippen LogP contribution in [0.15, 0.2) is 12.1 Å². The summed E-state index contributed by atoms with van der Waals surface area (Å²) in [6.07, 6.45) is 0. The van der Waals surface area contributed by atoms with Gasteiger partial charge in [0.25, 0.3) is 11.6 Å². The van der Waals surface area contributed by atoms with Gasteiger partial charge in [0.1, 0.15) is 5.69 Å². The van der Waals surface area contributed by atoms with E-state index >= 15 is 0 Å². The lowest BCUT2D eigenvalue weighted by Crippen LogP contribution is -2.36. The number of hydrogen-bond donors (Lipinski definition) is 1. The van der Waals surface area contributed by atoms with Gasteiger partial charge in [-0.1, -0.05) is 0 Å². The van der Waals surface area contributed by atoms with Crippen LogP contribution in [-0.2, 0) is 11.3 Å². The smallest absolute Gasteiger partial charge is 0.293 e. The highest BCUT2D eigenvalue weighted by atomic mass is 16.6. The van der Waals surface area contributed by atoms with Crippen LogP contribution < -0.4 is 10.2 Å². The topological polar surface area (TPSA) is 84.7 Å². The van der Waals surface area contributed by atoms with Gasteiger partial charge in [-0.2, -0.15) is 0 Å². The second-order valence-corrected chi connectivity index (χ2v) is 4.54. The highest BCUT2D eigenvalue weighted by Gasteiger charge is 2.28. The molecule has 1 aromatic carbocycles. The molecule has 1 aromatic rings. The van der Waals surface area contributed by atoms with Crippen LogP contribution in [-0.4, -0.2) is 37.1 Å². The van der Waals surface area contributed by atoms with Crippen LogP contribution in [0.2, 0.25) is 0 Å². The van der Waals surface area contributed by atoms with Crippen molar-refractivity contribution in [1.29, 1.82) is 0 Å². The Balaban J connectivity index is 2.07. The molecule has 0 aliphatic carbocycles. The van der Waals surface area contributed by atoms with Crippen LogP contribution in [0.3, 0.4) is 0 Å². The normalized spacial score (nSPS) is 18.1. The van der Waals surface area contributed by atoms with Gasteiger partial charge in [-0.3, -0.25) is 14.9 Å². The number of benzene rings is 1. The highest BCUT2D eigenvalue weighted by molar-refractivity contribution is 6.00. The second kappa shape index (κ2) is 4.51. The van der Waals surface area contributed by atoms with Gasteiger partial charge in [0.15, 0.2) is 0 Å². The Hall–Kier alpha value is -2.15. The van der Waals surface area contributed by atoms with Crippen molar-refractivity contribution in [2.45, 2.75) is 6.54 Å². The number of anilines is 1. The molecule has 19 heavy (non-hydrogen) atoms. The fourth-order valence-electron chi connectivity index (χ4n) is 2.45. The number of morpholine rings is 1. The van der Waals surface area contributed by atoms with Gasteiger partial charge in [0.2, 0.25) is 0 Å². The molecule has 7 heteroatoms. The summed E-state index contributed by atoms with van der Waals surface area (Å²) in [4.78, 5) is 24.2. The lowest BCUT2D eigenvalue weighted by Gasteiger charge is -2.28. The summed E-state index contributed by atoms with van der Waals surface area (Å²) < 4.78 is 5.25. The van der Waals surface area contributed by atoms with Crippen LogP contribution >= 0.6 is 0 Å². The number of nitrogens with zero attached hydrogens (tertiary/aromatic N) is 2. The zero-order chi connectivity index (χ0) is 13.4. The highest BCUT2D eigenvalue weighted by Crippen LogP contribution is 2.33. The second-order valence-electron chi connectivity index (χ2n) is 4.54. The first-order valence-electron chi connectivity index (χ1n) is 6.09. The standard InChI is InChI=1S/C12H13N3O4/c16-12-9-6-11(15(17)18)10(5-8(9)7-13-12)14-1-3-19-4-2-14/h5-6H,1-4,7H2,(H,13,16). The van der Waals surface area contributed by atoms with Crippen LogP contribution in [0, 0.1) is 10.1 Å². The van der Waals surface area contributed by atoms with E-state index in [0.29, 0.717) is 44.1 Å². The van der Waals surface area contributed by atoms with Crippen LogP contribution in [0.5, 0.6) is 0 Å². The van der Waals surface area contributed by atoms with E-state index < -0.39 is 4.92 Å². The molecule has 0 radical (unpaired) electrons. The molecule has 2 heterocycles. The minimum atomic E-state index is -0.434. The van der Waals surface area contributed by atoms with Crippen molar-refractivity contribution in [3.63, 3.8) is 0 Å². The molecule has 0 unspecified atom stereocenters. The molecule has 100 valence electrons. The maximum absolute atomic E-state index is 11.6. The predicted octanol–water partition coefficient (Wildman–Crippen LogP) is 0.675. The van der Waals surface area contributed by atoms with Gasteiger partial charge < -0.3 is 15.0 Å². The number of carbonyl (C=O) groups excluding carboxylic acids is 1. The van der Waals surface area contributed by atoms with E-state index in [1.54, 1.807) is 6.07 Å². The third-order valence-corrected chi connectivity index (χ3v) is 3.43. The van der Waals surface area contributed by atoms with Gasteiger partial charge in [0, 0.05) is 25.7 Å². The first-order chi connectivity index (χ1) is 9.16. The summed E-state index contributed by atoms with van der Waals surface area (Å²) >= 11 is 0. The number of rotatable bonds is 2. The number of hydrogen-bond acceptors (Lipinski definition) is 5. The van der Waals surface area contributed by atoms with Gasteiger partial charge in [-0.15, -0.1) is 0 Å². The lowest BCUT2D eigenvalue weighted by molar-refractivity contribution is -0.384. The summed E-state index contributed by atoms with van der Waals surface area (Å²) in [6, 6.07) is 3.12. The van der Waals surface area contributed by atoms with Crippen LogP contribution in [0.4, 0.5) is 11.4 Å². The van der Waals surface area contributed by atoms with Crippen molar-refractivity contribution in [2.24, 2.45) is 0 Å². The Morgan fingerprint density at radius 2 is 2.05 bits per heavy atom. The van der Waals surface area contributed by atoms with Crippen molar-refractivity contribution in [2.75, 3.05) is 31.2 Å². The van der Waals surface area contributed by atoms with E-state index in [0.717, 1.165) is 5.56 Å². The molecule has 0 atom stereocenters. The average Bonchev–Trinajstić information content (AvgIpc) is 2.79. The number of nitro benzene ring substituents is 1. The zero-order valence-corrected chi connectivity index (χ0v) is 10.2. The Morgan fingerprint density at radius 1 is 1.32 bits per heavy atom. The molecule has 7 nitrogen and oxygen atoms in total. The SMILES string of the molecule is O=C1NCc2cc(N3CCOCC3)c([N+](=O)[O-])cc21. The maximum atomic E-state index is 11.6. The van der Waals surface area contributed by atoms with Crippen molar-refractivity contribution in [3.8, 4) is 0 Å². The van der Waals surface area contributed by atoms with Crippen molar-refractivity contribution in [3.05, 3.63) is 33.4 Å². The van der Waals surface area contributed by atoms with Gasteiger partial charge in [-0.25, -0.2) is 0 Å². The number of nitro groups is 1. The molecule has 1 amide bonds. The molecule has 0 bridgehead atoms. The number of amides is 1. The molecular weight excluding hydrogens is 250 g/mol. The first-order valence-corrected chi connectivity index (χ1v) is 6.09. The molecule has 1 N–H and O–H groups in total. The largest absolute Gasteiger partial charge is 0.378 e. The van der Waals surface area contributed by atoms with E-state index in [4.69, 9.17) is 4.74 Å². The van der Waals surface area contributed by atoms with Gasteiger partial charge in [-0.05, 0) is 11.6 Å². The van der Waals surface area contributed by atoms with E-state index in [2.05, 4.69) is 5.32 Å². The molecule has 3 rings (SSSR count). The van der Waals surface area contributed by atoms with Crippen molar-refractivity contribution >= 4 is 17.3 Å². The third kappa shape index (κ3) is 2.01. The van der Waals surface area contributed by atoms with Crippen molar-refractivity contribution < 1.29 is 14.5 Å². The number of nitrogens with one attached hydrogen (secondary N) is 1. The van der Waals surface area contributed by atoms with Crippen molar-refractivity contribution in [1.82, 2.24) is 5.32 Å². The Bertz CT molecular complexity index is 552. The summed E-state index contributed by atoms with van der Waals surface area (Å²) in [5, 5.41) is 13.9. The number of fused-ring (bicyclic) bond motifs is 1. The third-order valence-electron chi connectivity index (χ3n) is 3.43. The minimum absolute atomic E-state index is 0.0160. The molecular formula is C12H13N3O4. The van der Waals surface area contributed by atoms with E-state index in [1.165, 1.54) is 6.07 Å². The molecule has 1 fully saturated rings. The molecule has 2 aliphatic rings. The average molecular weight is 263 g/mol. The fourth-order valence-corrected chi connectivity index (χ4v) is 2.45. The molecule has 0 aromatic heterocycles. The summed E-state index contributed by atoms with van der Waals surface area (Å²) in [5.41, 5.74) is 1.78. The van der Waals surface area contributed by atoms with E-state index in [-0.39, 0.29) is 11.6 Å². The number of ether oxygens (including phenoxy) is 1. The molecule has 0 saturated carbocycles. The summed E-state index contributed by atoms with van der Waals surface area (Å²) in [7, 11) is 0. The molecule has 0 spiro atoms. The fraction of sp³-hybridized carbons (Fsp3) is 0.417.